The van der Waals surface area contributed by atoms with Crippen LogP contribution >= 0.6 is 0 Å². The number of esters is 1. The predicted octanol–water partition coefficient (Wildman–Crippen LogP) is 9.92. The second kappa shape index (κ2) is 33.0. The van der Waals surface area contributed by atoms with Gasteiger partial charge in [-0.1, -0.05) is 112 Å². The minimum atomic E-state index is -0.562. The third-order valence-electron chi connectivity index (χ3n) is 6.25. The van der Waals surface area contributed by atoms with E-state index in [4.69, 9.17) is 9.47 Å². The van der Waals surface area contributed by atoms with E-state index in [1.807, 2.05) is 0 Å². The Labute approximate surface area is 247 Å². The highest BCUT2D eigenvalue weighted by atomic mass is 16.6. The second-order valence-corrected chi connectivity index (χ2v) is 10.1. The van der Waals surface area contributed by atoms with Gasteiger partial charge >= 0.3 is 5.97 Å². The SMILES string of the molecule is CC/C=C\C/C=C\C/C=C\C/C=C\C/C=C\CCCCOCC(CO)OC(=O)CCCCCCC/C=C\CCC. The Hall–Kier alpha value is -2.17. The molecule has 4 heteroatoms. The zero-order valence-electron chi connectivity index (χ0n) is 25.8. The molecule has 228 valence electrons. The third-order valence-corrected chi connectivity index (χ3v) is 6.25. The Morgan fingerprint density at radius 2 is 1.12 bits per heavy atom. The summed E-state index contributed by atoms with van der Waals surface area (Å²) in [4.78, 5) is 12.0. The van der Waals surface area contributed by atoms with Crippen LogP contribution in [0.25, 0.3) is 0 Å². The van der Waals surface area contributed by atoms with E-state index in [1.54, 1.807) is 0 Å². The van der Waals surface area contributed by atoms with Crippen molar-refractivity contribution in [3.8, 4) is 0 Å². The summed E-state index contributed by atoms with van der Waals surface area (Å²) in [5, 5.41) is 9.49. The van der Waals surface area contributed by atoms with Gasteiger partial charge in [0.2, 0.25) is 0 Å². The van der Waals surface area contributed by atoms with Gasteiger partial charge in [0.05, 0.1) is 13.2 Å². The third kappa shape index (κ3) is 30.4. The summed E-state index contributed by atoms with van der Waals surface area (Å²) in [7, 11) is 0. The highest BCUT2D eigenvalue weighted by molar-refractivity contribution is 5.69. The van der Waals surface area contributed by atoms with E-state index in [1.165, 1.54) is 25.7 Å². The molecule has 4 nitrogen and oxygen atoms in total. The van der Waals surface area contributed by atoms with Crippen LogP contribution in [0.5, 0.6) is 0 Å². The van der Waals surface area contributed by atoms with Gasteiger partial charge in [-0.25, -0.2) is 0 Å². The van der Waals surface area contributed by atoms with Crippen molar-refractivity contribution in [3.63, 3.8) is 0 Å². The molecule has 1 atom stereocenters. The summed E-state index contributed by atoms with van der Waals surface area (Å²) < 4.78 is 11.0. The number of unbranched alkanes of at least 4 members (excludes halogenated alkanes) is 8. The Morgan fingerprint density at radius 1 is 0.625 bits per heavy atom. The maximum atomic E-state index is 12.0. The van der Waals surface area contributed by atoms with Gasteiger partial charge in [0.1, 0.15) is 6.10 Å². The first kappa shape index (κ1) is 37.8. The minimum absolute atomic E-state index is 0.197. The first-order valence-electron chi connectivity index (χ1n) is 16.0. The van der Waals surface area contributed by atoms with Gasteiger partial charge in [-0.3, -0.25) is 4.79 Å². The molecule has 1 N–H and O–H groups in total. The van der Waals surface area contributed by atoms with Gasteiger partial charge in [0.25, 0.3) is 0 Å². The fourth-order valence-electron chi connectivity index (χ4n) is 3.88. The second-order valence-electron chi connectivity index (χ2n) is 10.1. The number of hydrogen-bond acceptors (Lipinski definition) is 4. The summed E-state index contributed by atoms with van der Waals surface area (Å²) >= 11 is 0. The maximum Gasteiger partial charge on any atom is 0.306 e. The smallest absolute Gasteiger partial charge is 0.306 e. The lowest BCUT2D eigenvalue weighted by atomic mass is 10.1. The molecule has 0 amide bonds. The zero-order valence-corrected chi connectivity index (χ0v) is 25.8. The standard InChI is InChI=1S/C36H60O4/c1-3-5-7-9-11-13-15-16-17-18-19-20-21-22-24-26-28-30-32-39-34-35(33-37)40-36(38)31-29-27-25-23-14-12-10-8-6-4-2/h5,7-8,10-11,13,16-17,19-20,22,24,35,37H,3-4,6,9,12,14-15,18,21,23,25-34H2,1-2H3/b7-5-,10-8-,13-11-,17-16-,20-19-,24-22-. The molecular formula is C36H60O4. The molecule has 40 heavy (non-hydrogen) atoms. The van der Waals surface area contributed by atoms with Crippen molar-refractivity contribution in [2.45, 2.75) is 129 Å². The van der Waals surface area contributed by atoms with Gasteiger partial charge in [0.15, 0.2) is 0 Å². The lowest BCUT2D eigenvalue weighted by Gasteiger charge is -2.15. The van der Waals surface area contributed by atoms with Crippen LogP contribution in [0.4, 0.5) is 0 Å². The predicted molar refractivity (Wildman–Crippen MR) is 172 cm³/mol. The molecule has 0 saturated heterocycles. The Bertz CT molecular complexity index is 714. The van der Waals surface area contributed by atoms with Crippen molar-refractivity contribution in [1.82, 2.24) is 0 Å². The number of ether oxygens (including phenoxy) is 2. The van der Waals surface area contributed by atoms with Gasteiger partial charge < -0.3 is 14.6 Å². The van der Waals surface area contributed by atoms with E-state index in [0.29, 0.717) is 13.0 Å². The first-order chi connectivity index (χ1) is 19.7. The van der Waals surface area contributed by atoms with Crippen molar-refractivity contribution in [2.24, 2.45) is 0 Å². The molecule has 0 aliphatic heterocycles. The quantitative estimate of drug-likeness (QED) is 0.0592. The molecule has 0 bridgehead atoms. The van der Waals surface area contributed by atoms with E-state index in [2.05, 4.69) is 86.8 Å². The molecule has 0 aromatic carbocycles. The topological polar surface area (TPSA) is 55.8 Å². The van der Waals surface area contributed by atoms with Crippen LogP contribution in [0.15, 0.2) is 72.9 Å². The summed E-state index contributed by atoms with van der Waals surface area (Å²) in [6.07, 6.45) is 43.7. The lowest BCUT2D eigenvalue weighted by Crippen LogP contribution is -2.27. The highest BCUT2D eigenvalue weighted by Crippen LogP contribution is 2.09. The molecule has 0 aromatic heterocycles. The van der Waals surface area contributed by atoms with E-state index >= 15 is 0 Å². The Morgan fingerprint density at radius 3 is 1.73 bits per heavy atom. The van der Waals surface area contributed by atoms with Crippen LogP contribution in [-0.2, 0) is 14.3 Å². The van der Waals surface area contributed by atoms with E-state index in [9.17, 15) is 9.90 Å². The molecule has 0 aliphatic rings. The molecule has 0 aliphatic carbocycles. The monoisotopic (exact) mass is 556 g/mol. The Kier molecular flexibility index (Phi) is 31.2. The van der Waals surface area contributed by atoms with Gasteiger partial charge in [0, 0.05) is 13.0 Å². The van der Waals surface area contributed by atoms with Crippen LogP contribution in [-0.4, -0.2) is 37.0 Å². The molecule has 0 rings (SSSR count). The summed E-state index contributed by atoms with van der Waals surface area (Å²) in [5.74, 6) is -0.233. The van der Waals surface area contributed by atoms with Crippen molar-refractivity contribution >= 4 is 5.97 Å². The Balaban J connectivity index is 3.61. The number of carbonyl (C=O) groups excluding carboxylic acids is 1. The highest BCUT2D eigenvalue weighted by Gasteiger charge is 2.13. The number of rotatable bonds is 28. The van der Waals surface area contributed by atoms with Crippen LogP contribution in [0.2, 0.25) is 0 Å². The average molecular weight is 557 g/mol. The lowest BCUT2D eigenvalue weighted by molar-refractivity contribution is -0.154. The summed E-state index contributed by atoms with van der Waals surface area (Å²) in [6.45, 7) is 5.03. The first-order valence-corrected chi connectivity index (χ1v) is 16.0. The van der Waals surface area contributed by atoms with Crippen LogP contribution in [0, 0.1) is 0 Å². The molecule has 0 radical (unpaired) electrons. The van der Waals surface area contributed by atoms with Gasteiger partial charge in [-0.2, -0.15) is 0 Å². The molecular weight excluding hydrogens is 496 g/mol. The largest absolute Gasteiger partial charge is 0.457 e. The van der Waals surface area contributed by atoms with Gasteiger partial charge in [-0.05, 0) is 77.0 Å². The van der Waals surface area contributed by atoms with Crippen molar-refractivity contribution < 1.29 is 19.4 Å². The maximum absolute atomic E-state index is 12.0. The zero-order chi connectivity index (χ0) is 29.2. The number of aliphatic hydroxyl groups excluding tert-OH is 1. The van der Waals surface area contributed by atoms with Crippen molar-refractivity contribution in [2.75, 3.05) is 19.8 Å². The number of aliphatic hydroxyl groups is 1. The summed E-state index contributed by atoms with van der Waals surface area (Å²) in [5.41, 5.74) is 0. The number of allylic oxidation sites excluding steroid dienone is 12. The molecule has 0 saturated carbocycles. The van der Waals surface area contributed by atoms with E-state index in [-0.39, 0.29) is 19.2 Å². The van der Waals surface area contributed by atoms with Crippen LogP contribution < -0.4 is 0 Å². The van der Waals surface area contributed by atoms with Gasteiger partial charge in [-0.15, -0.1) is 0 Å². The van der Waals surface area contributed by atoms with E-state index < -0.39 is 6.10 Å². The summed E-state index contributed by atoms with van der Waals surface area (Å²) in [6, 6.07) is 0. The molecule has 0 spiro atoms. The van der Waals surface area contributed by atoms with Crippen LogP contribution in [0.3, 0.4) is 0 Å². The fraction of sp³-hybridized carbons (Fsp3) is 0.639. The number of hydrogen-bond donors (Lipinski definition) is 1. The molecule has 0 heterocycles. The van der Waals surface area contributed by atoms with Crippen molar-refractivity contribution in [3.05, 3.63) is 72.9 Å². The molecule has 1 unspecified atom stereocenters. The van der Waals surface area contributed by atoms with E-state index in [0.717, 1.165) is 77.0 Å². The number of carbonyl (C=O) groups is 1. The molecule has 0 aromatic rings. The average Bonchev–Trinajstić information content (AvgIpc) is 2.96. The normalized spacial score (nSPS) is 13.4. The van der Waals surface area contributed by atoms with Crippen molar-refractivity contribution in [1.29, 1.82) is 0 Å². The fourth-order valence-corrected chi connectivity index (χ4v) is 3.88. The minimum Gasteiger partial charge on any atom is -0.457 e. The molecule has 0 fully saturated rings. The van der Waals surface area contributed by atoms with Crippen LogP contribution in [0.1, 0.15) is 123 Å².